The quantitative estimate of drug-likeness (QED) is 0.544. The molecular formula is C15H13N5O2S2. The van der Waals surface area contributed by atoms with Crippen LogP contribution in [0.5, 0.6) is 5.75 Å². The lowest BCUT2D eigenvalue weighted by molar-refractivity contribution is -0.116. The van der Waals surface area contributed by atoms with Gasteiger partial charge < -0.3 is 5.11 Å². The Labute approximate surface area is 147 Å². The smallest absolute Gasteiger partial charge is 0.253 e. The molecule has 24 heavy (non-hydrogen) atoms. The number of carbonyl (C=O) groups is 1. The Morgan fingerprint density at radius 2 is 1.96 bits per heavy atom. The number of anilines is 1. The van der Waals surface area contributed by atoms with Gasteiger partial charge in [0, 0.05) is 24.3 Å². The first-order chi connectivity index (χ1) is 11.5. The van der Waals surface area contributed by atoms with E-state index in [1.54, 1.807) is 19.2 Å². The number of aromatic hydroxyl groups is 1. The van der Waals surface area contributed by atoms with E-state index in [2.05, 4.69) is 33.1 Å². The highest BCUT2D eigenvalue weighted by atomic mass is 32.1. The predicted octanol–water partition coefficient (Wildman–Crippen LogP) is 4.08. The zero-order valence-electron chi connectivity index (χ0n) is 12.8. The molecule has 0 spiro atoms. The number of fused-ring (bicyclic) bond motifs is 1. The van der Waals surface area contributed by atoms with Gasteiger partial charge in [-0.05, 0) is 11.5 Å². The van der Waals surface area contributed by atoms with Gasteiger partial charge in [0.1, 0.15) is 5.69 Å². The molecule has 0 saturated carbocycles. The van der Waals surface area contributed by atoms with E-state index in [1.807, 2.05) is 18.2 Å². The number of aromatic nitrogens is 2. The number of hydrogen-bond donors (Lipinski definition) is 2. The normalized spacial score (nSPS) is 11.3. The number of hydrogen-bond acceptors (Lipinski definition) is 8. The minimum Gasteiger partial charge on any atom is -0.505 e. The molecule has 1 N–H and O–H groups in total. The second-order valence-electron chi connectivity index (χ2n) is 4.95. The highest BCUT2D eigenvalue weighted by Gasteiger charge is 2.13. The van der Waals surface area contributed by atoms with Crippen LogP contribution in [0.15, 0.2) is 45.5 Å². The van der Waals surface area contributed by atoms with Crippen molar-refractivity contribution in [1.82, 2.24) is 10.2 Å². The molecule has 0 aliphatic heterocycles. The Balaban J connectivity index is 1.94. The van der Waals surface area contributed by atoms with Crippen LogP contribution in [0.3, 0.4) is 0 Å². The largest absolute Gasteiger partial charge is 0.505 e. The Hall–Kier alpha value is -2.52. The third-order valence-corrected chi connectivity index (χ3v) is 4.63. The highest BCUT2D eigenvalue weighted by molar-refractivity contribution is 7.80. The highest BCUT2D eigenvalue weighted by Crippen LogP contribution is 2.39. The lowest BCUT2D eigenvalue weighted by Crippen LogP contribution is -2.22. The van der Waals surface area contributed by atoms with Crippen LogP contribution < -0.4 is 4.90 Å². The van der Waals surface area contributed by atoms with Crippen molar-refractivity contribution < 1.29 is 9.90 Å². The zero-order valence-corrected chi connectivity index (χ0v) is 14.5. The number of phenols is 1. The molecular weight excluding hydrogens is 346 g/mol. The molecule has 1 amide bonds. The van der Waals surface area contributed by atoms with Crippen molar-refractivity contribution in [2.45, 2.75) is 11.8 Å². The zero-order chi connectivity index (χ0) is 17.3. The average molecular weight is 359 g/mol. The van der Waals surface area contributed by atoms with Gasteiger partial charge in [0.05, 0.1) is 0 Å². The Morgan fingerprint density at radius 1 is 1.25 bits per heavy atom. The predicted molar refractivity (Wildman–Crippen MR) is 96.0 cm³/mol. The van der Waals surface area contributed by atoms with Gasteiger partial charge in [-0.3, -0.25) is 9.69 Å². The van der Waals surface area contributed by atoms with Gasteiger partial charge in [-0.15, -0.1) is 33.1 Å². The third-order valence-electron chi connectivity index (χ3n) is 3.38. The average Bonchev–Trinajstić information content (AvgIpc) is 3.05. The van der Waals surface area contributed by atoms with Gasteiger partial charge in [-0.1, -0.05) is 35.6 Å². The fourth-order valence-corrected chi connectivity index (χ4v) is 3.01. The molecule has 0 bridgehead atoms. The minimum atomic E-state index is -0.151. The van der Waals surface area contributed by atoms with Crippen LogP contribution in [-0.2, 0) is 4.79 Å². The molecule has 0 saturated heterocycles. The Morgan fingerprint density at radius 3 is 2.67 bits per heavy atom. The Kier molecular flexibility index (Phi) is 4.45. The summed E-state index contributed by atoms with van der Waals surface area (Å²) in [5.41, 5.74) is 0.287. The number of carbonyl (C=O) groups excluding carboxylic acids is 1. The van der Waals surface area contributed by atoms with Crippen molar-refractivity contribution in [2.24, 2.45) is 10.2 Å². The van der Waals surface area contributed by atoms with E-state index in [1.165, 1.54) is 11.8 Å². The maximum Gasteiger partial charge on any atom is 0.253 e. The lowest BCUT2D eigenvalue weighted by atomic mass is 10.1. The second kappa shape index (κ2) is 6.54. The molecule has 122 valence electrons. The summed E-state index contributed by atoms with van der Waals surface area (Å²) in [5, 5.41) is 28.3. The van der Waals surface area contributed by atoms with Crippen LogP contribution in [0.2, 0.25) is 0 Å². The number of thiol groups is 1. The van der Waals surface area contributed by atoms with E-state index < -0.39 is 0 Å². The summed E-state index contributed by atoms with van der Waals surface area (Å²) in [7, 11) is 1.60. The number of phenolic OH excluding ortho intramolecular Hbond substituents is 1. The summed E-state index contributed by atoms with van der Waals surface area (Å²) in [5.74, 6) is -0.126. The molecule has 0 radical (unpaired) electrons. The molecule has 0 atom stereocenters. The van der Waals surface area contributed by atoms with Gasteiger partial charge in [0.15, 0.2) is 5.75 Å². The second-order valence-corrected chi connectivity index (χ2v) is 6.37. The molecule has 0 unspecified atom stereocenters. The number of amides is 1. The molecule has 0 fully saturated rings. The van der Waals surface area contributed by atoms with E-state index in [9.17, 15) is 9.90 Å². The van der Waals surface area contributed by atoms with Gasteiger partial charge in [-0.2, -0.15) is 0 Å². The van der Waals surface area contributed by atoms with Gasteiger partial charge >= 0.3 is 0 Å². The van der Waals surface area contributed by atoms with Crippen molar-refractivity contribution in [3.05, 3.63) is 30.3 Å². The summed E-state index contributed by atoms with van der Waals surface area (Å²) in [6, 6.07) is 8.98. The van der Waals surface area contributed by atoms with Crippen molar-refractivity contribution in [2.75, 3.05) is 11.9 Å². The van der Waals surface area contributed by atoms with Crippen molar-refractivity contribution in [3.8, 4) is 5.75 Å². The van der Waals surface area contributed by atoms with E-state index in [0.29, 0.717) is 15.4 Å². The van der Waals surface area contributed by atoms with Crippen LogP contribution in [0.25, 0.3) is 10.8 Å². The van der Waals surface area contributed by atoms with Gasteiger partial charge in [0.2, 0.25) is 11.0 Å². The maximum absolute atomic E-state index is 11.3. The summed E-state index contributed by atoms with van der Waals surface area (Å²) in [6.45, 7) is 1.43. The molecule has 1 heterocycles. The number of rotatable bonds is 3. The molecule has 0 aliphatic rings. The SMILES string of the molecule is CC(=O)N(C)c1nnc(/N=N/c2cc(S)c3ccccc3c2O)s1. The van der Waals surface area contributed by atoms with E-state index >= 15 is 0 Å². The molecule has 9 heteroatoms. The number of azo groups is 1. The molecule has 1 aromatic heterocycles. The minimum absolute atomic E-state index is 0.0257. The lowest BCUT2D eigenvalue weighted by Gasteiger charge is -2.07. The van der Waals surface area contributed by atoms with Crippen LogP contribution in [-0.4, -0.2) is 28.3 Å². The first-order valence-corrected chi connectivity index (χ1v) is 8.17. The van der Waals surface area contributed by atoms with Gasteiger partial charge in [0.25, 0.3) is 5.13 Å². The molecule has 0 aliphatic carbocycles. The molecule has 3 rings (SSSR count). The summed E-state index contributed by atoms with van der Waals surface area (Å²) in [4.78, 5) is 13.4. The van der Waals surface area contributed by atoms with Crippen LogP contribution >= 0.6 is 24.0 Å². The standard InChI is InChI=1S/C15H13N5O2S2/c1-8(21)20(2)15-19-18-14(24-15)17-16-11-7-12(23)9-5-3-4-6-10(9)13(11)22/h3-7,22-23H,1-2H3/b17-16+. The van der Waals surface area contributed by atoms with Crippen LogP contribution in [0.1, 0.15) is 6.92 Å². The van der Waals surface area contributed by atoms with Crippen LogP contribution in [0.4, 0.5) is 16.0 Å². The van der Waals surface area contributed by atoms with Crippen molar-refractivity contribution in [1.29, 1.82) is 0 Å². The number of nitrogens with zero attached hydrogens (tertiary/aromatic N) is 5. The monoisotopic (exact) mass is 359 g/mol. The molecule has 7 nitrogen and oxygen atoms in total. The van der Waals surface area contributed by atoms with Crippen molar-refractivity contribution >= 4 is 56.6 Å². The first kappa shape index (κ1) is 16.3. The summed E-state index contributed by atoms with van der Waals surface area (Å²) in [6.07, 6.45) is 0. The van der Waals surface area contributed by atoms with E-state index in [0.717, 1.165) is 16.7 Å². The Bertz CT molecular complexity index is 954. The molecule has 3 aromatic rings. The molecule has 2 aromatic carbocycles. The third kappa shape index (κ3) is 3.08. The summed E-state index contributed by atoms with van der Waals surface area (Å²) >= 11 is 5.54. The van der Waals surface area contributed by atoms with Crippen LogP contribution in [0, 0.1) is 0 Å². The fourth-order valence-electron chi connectivity index (χ4n) is 2.02. The topological polar surface area (TPSA) is 91.0 Å². The number of benzene rings is 2. The van der Waals surface area contributed by atoms with E-state index in [4.69, 9.17) is 0 Å². The fraction of sp³-hybridized carbons (Fsp3) is 0.133. The maximum atomic E-state index is 11.3. The van der Waals surface area contributed by atoms with Crippen molar-refractivity contribution in [3.63, 3.8) is 0 Å². The van der Waals surface area contributed by atoms with Gasteiger partial charge in [-0.25, -0.2) is 0 Å². The first-order valence-electron chi connectivity index (χ1n) is 6.90. The summed E-state index contributed by atoms with van der Waals surface area (Å²) < 4.78 is 0. The van der Waals surface area contributed by atoms with E-state index in [-0.39, 0.29) is 22.5 Å².